The lowest BCUT2D eigenvalue weighted by Crippen LogP contribution is -2.95. The van der Waals surface area contributed by atoms with Gasteiger partial charge in [-0.2, -0.15) is 0 Å². The van der Waals surface area contributed by atoms with Crippen LogP contribution in [0.5, 0.6) is 0 Å². The maximum absolute atomic E-state index is 13.6. The van der Waals surface area contributed by atoms with Crippen LogP contribution >= 0.6 is 0 Å². The van der Waals surface area contributed by atoms with Crippen molar-refractivity contribution in [3.8, 4) is 0 Å². The van der Waals surface area contributed by atoms with Crippen LogP contribution in [0.2, 0.25) is 0 Å². The zero-order chi connectivity index (χ0) is 17.7. The van der Waals surface area contributed by atoms with Gasteiger partial charge in [0.2, 0.25) is 0 Å². The summed E-state index contributed by atoms with van der Waals surface area (Å²) in [6.45, 7) is 9.47. The second-order valence-corrected chi connectivity index (χ2v) is 11.8. The van der Waals surface area contributed by atoms with Crippen LogP contribution in [0.3, 0.4) is 0 Å². The van der Waals surface area contributed by atoms with Gasteiger partial charge in [0.05, 0.1) is 12.1 Å². The molecule has 4 bridgehead atoms. The topological polar surface area (TPSA) is 48.9 Å². The van der Waals surface area contributed by atoms with Gasteiger partial charge >= 0.3 is 11.4 Å². The fraction of sp³-hybridized carbons (Fsp3) is 0.905. The lowest BCUT2D eigenvalue weighted by molar-refractivity contribution is -0.496. The molecule has 0 N–H and O–H groups in total. The van der Waals surface area contributed by atoms with E-state index in [1.165, 1.54) is 6.42 Å². The molecule has 138 valence electrons. The summed E-state index contributed by atoms with van der Waals surface area (Å²) in [5.74, 6) is 4.52. The summed E-state index contributed by atoms with van der Waals surface area (Å²) in [5, 5.41) is 0. The molecule has 0 unspecified atom stereocenters. The standard InChI is InChI=1S/C21H27N3O2/c1-19(2)8-5-6-20(19,3)9(7-8)22-17(25)23-15-10-11-13-12(10)16(24(23)18(22)26)21(13,4)14(11)15/h8-16H,5-7H2,1-4H3/t8-,9+,10+,11-,12+,13-,14-,15+,16+,20-,21-/m0/s1. The third-order valence-electron chi connectivity index (χ3n) is 12.0. The van der Waals surface area contributed by atoms with Crippen molar-refractivity contribution in [1.82, 2.24) is 13.9 Å². The summed E-state index contributed by atoms with van der Waals surface area (Å²) in [6.07, 6.45) is 3.41. The quantitative estimate of drug-likeness (QED) is 0.779. The van der Waals surface area contributed by atoms with Gasteiger partial charge in [-0.25, -0.2) is 23.5 Å². The Hall–Kier alpha value is -1.26. The van der Waals surface area contributed by atoms with E-state index in [9.17, 15) is 9.59 Å². The zero-order valence-corrected chi connectivity index (χ0v) is 16.0. The van der Waals surface area contributed by atoms with Gasteiger partial charge in [-0.05, 0) is 71.0 Å². The van der Waals surface area contributed by atoms with Crippen molar-refractivity contribution in [2.75, 3.05) is 0 Å². The van der Waals surface area contributed by atoms with Crippen LogP contribution < -0.4 is 11.4 Å². The van der Waals surface area contributed by atoms with Crippen LogP contribution in [0.15, 0.2) is 9.59 Å². The van der Waals surface area contributed by atoms with Crippen molar-refractivity contribution in [3.63, 3.8) is 0 Å². The largest absolute Gasteiger partial charge is 0.347 e. The van der Waals surface area contributed by atoms with Crippen molar-refractivity contribution in [2.24, 2.45) is 51.8 Å². The van der Waals surface area contributed by atoms with Gasteiger partial charge in [-0.1, -0.05) is 27.7 Å². The Morgan fingerprint density at radius 3 is 2.27 bits per heavy atom. The van der Waals surface area contributed by atoms with Crippen molar-refractivity contribution < 1.29 is 0 Å². The molecule has 5 heteroatoms. The summed E-state index contributed by atoms with van der Waals surface area (Å²) < 4.78 is 5.64. The monoisotopic (exact) mass is 353 g/mol. The minimum atomic E-state index is 0.0199. The van der Waals surface area contributed by atoms with Gasteiger partial charge < -0.3 is 0 Å². The van der Waals surface area contributed by atoms with Crippen LogP contribution in [0.4, 0.5) is 0 Å². The molecule has 2 aliphatic heterocycles. The van der Waals surface area contributed by atoms with E-state index in [4.69, 9.17) is 0 Å². The molecule has 0 radical (unpaired) electrons. The van der Waals surface area contributed by atoms with Crippen molar-refractivity contribution in [2.45, 2.75) is 65.1 Å². The third kappa shape index (κ3) is 0.861. The molecule has 6 fully saturated rings. The summed E-state index contributed by atoms with van der Waals surface area (Å²) >= 11 is 0. The van der Waals surface area contributed by atoms with Gasteiger partial charge in [0.1, 0.15) is 0 Å². The number of hydrogen-bond donors (Lipinski definition) is 0. The van der Waals surface area contributed by atoms with E-state index in [0.29, 0.717) is 35.3 Å². The summed E-state index contributed by atoms with van der Waals surface area (Å²) in [7, 11) is 0. The molecular formula is C21H27N3O2. The van der Waals surface area contributed by atoms with E-state index in [0.717, 1.165) is 30.6 Å². The highest BCUT2D eigenvalue weighted by Crippen LogP contribution is 2.96. The Bertz CT molecular complexity index is 1060. The molecule has 3 heterocycles. The van der Waals surface area contributed by atoms with Crippen LogP contribution in [0, 0.1) is 51.8 Å². The van der Waals surface area contributed by atoms with Gasteiger partial charge in [0.15, 0.2) is 0 Å². The molecule has 0 aromatic carbocycles. The first kappa shape index (κ1) is 13.8. The number of rotatable bonds is 1. The molecule has 26 heavy (non-hydrogen) atoms. The second-order valence-electron chi connectivity index (χ2n) is 11.8. The van der Waals surface area contributed by atoms with Crippen LogP contribution in [-0.2, 0) is 0 Å². The normalized spacial score (nSPS) is 62.7. The maximum Gasteiger partial charge on any atom is 0.347 e. The van der Waals surface area contributed by atoms with Crippen molar-refractivity contribution in [1.29, 1.82) is 0 Å². The fourth-order valence-corrected chi connectivity index (χ4v) is 10.5. The van der Waals surface area contributed by atoms with Crippen LogP contribution in [0.1, 0.15) is 65.1 Å². The van der Waals surface area contributed by atoms with E-state index in [-0.39, 0.29) is 28.3 Å². The second kappa shape index (κ2) is 3.22. The lowest BCUT2D eigenvalue weighted by atomic mass is 9.11. The van der Waals surface area contributed by atoms with E-state index in [2.05, 4.69) is 27.7 Å². The molecule has 11 atom stereocenters. The Balaban J connectivity index is 1.37. The highest BCUT2D eigenvalue weighted by Gasteiger charge is 2.95. The zero-order valence-electron chi connectivity index (χ0n) is 16.0. The number of aromatic nitrogens is 3. The Morgan fingerprint density at radius 2 is 1.65 bits per heavy atom. The summed E-state index contributed by atoms with van der Waals surface area (Å²) in [6, 6.07) is 0.748. The molecular weight excluding hydrogens is 326 g/mol. The minimum Gasteiger partial charge on any atom is -0.246 e. The molecule has 0 amide bonds. The molecule has 8 aliphatic rings. The first-order valence-corrected chi connectivity index (χ1v) is 10.7. The van der Waals surface area contributed by atoms with E-state index < -0.39 is 0 Å². The molecule has 1 aromatic heterocycles. The van der Waals surface area contributed by atoms with E-state index in [1.54, 1.807) is 4.57 Å². The fourth-order valence-electron chi connectivity index (χ4n) is 10.5. The molecule has 6 saturated carbocycles. The molecule has 0 spiro atoms. The molecule has 1 aromatic rings. The third-order valence-corrected chi connectivity index (χ3v) is 12.0. The Morgan fingerprint density at radius 1 is 0.923 bits per heavy atom. The summed E-state index contributed by atoms with van der Waals surface area (Å²) in [4.78, 5) is 27.1. The predicted molar refractivity (Wildman–Crippen MR) is 94.8 cm³/mol. The van der Waals surface area contributed by atoms with Crippen molar-refractivity contribution in [3.05, 3.63) is 21.0 Å². The molecule has 5 nitrogen and oxygen atoms in total. The first-order chi connectivity index (χ1) is 12.3. The first-order valence-electron chi connectivity index (χ1n) is 10.7. The molecule has 0 saturated heterocycles. The predicted octanol–water partition coefficient (Wildman–Crippen LogP) is 2.44. The van der Waals surface area contributed by atoms with Crippen molar-refractivity contribution >= 4 is 0 Å². The number of fused-ring (bicyclic) bond motifs is 2. The van der Waals surface area contributed by atoms with Crippen LogP contribution in [-0.4, -0.2) is 13.9 Å². The van der Waals surface area contributed by atoms with E-state index >= 15 is 0 Å². The van der Waals surface area contributed by atoms with Gasteiger partial charge in [0.25, 0.3) is 0 Å². The number of hydrogen-bond acceptors (Lipinski definition) is 2. The molecule has 9 rings (SSSR count). The van der Waals surface area contributed by atoms with E-state index in [1.807, 2.05) is 9.36 Å². The van der Waals surface area contributed by atoms with Gasteiger partial charge in [-0.3, -0.25) is 0 Å². The average molecular weight is 353 g/mol. The Labute approximate surface area is 152 Å². The number of nitrogens with zero attached hydrogens (tertiary/aromatic N) is 3. The Kier molecular flexibility index (Phi) is 1.71. The molecule has 6 aliphatic carbocycles. The SMILES string of the molecule is CC1(C)[C@H]2CC[C@@]1(C)[C@H](n1c(=O)n3n(c1=O)[C@@H]1[C@@H]4[C@H]5[C@H]6[C@@H]4[C@@]1(C)[C@@H]6[C@@H]53)C2. The average Bonchev–Trinajstić information content (AvgIpc) is 2.99. The van der Waals surface area contributed by atoms with Crippen LogP contribution in [0.25, 0.3) is 0 Å². The maximum atomic E-state index is 13.6. The highest BCUT2D eigenvalue weighted by atomic mass is 16.2. The lowest BCUT2D eigenvalue weighted by Gasteiger charge is -2.96. The smallest absolute Gasteiger partial charge is 0.246 e. The van der Waals surface area contributed by atoms with Gasteiger partial charge in [0, 0.05) is 6.04 Å². The highest BCUT2D eigenvalue weighted by molar-refractivity contribution is 5.42. The minimum absolute atomic E-state index is 0.0199. The van der Waals surface area contributed by atoms with Gasteiger partial charge in [-0.15, -0.1) is 0 Å². The summed E-state index contributed by atoms with van der Waals surface area (Å²) in [5.41, 5.74) is 0.657.